The van der Waals surface area contributed by atoms with Crippen molar-refractivity contribution >= 4 is 10.0 Å². The second kappa shape index (κ2) is 3.12. The molecular formula is C7H8NO3S. The van der Waals surface area contributed by atoms with Crippen LogP contribution in [0.1, 0.15) is 0 Å². The zero-order valence-electron chi connectivity index (χ0n) is 6.44. The molecule has 2 N–H and O–H groups in total. The van der Waals surface area contributed by atoms with Crippen molar-refractivity contribution in [1.82, 2.24) is 0 Å². The molecule has 0 amide bonds. The van der Waals surface area contributed by atoms with Crippen molar-refractivity contribution in [2.24, 2.45) is 5.14 Å². The summed E-state index contributed by atoms with van der Waals surface area (Å²) in [5, 5.41) is 4.91. The van der Waals surface area contributed by atoms with Crippen LogP contribution in [0.3, 0.4) is 0 Å². The Hall–Kier alpha value is -1.07. The van der Waals surface area contributed by atoms with E-state index in [1.165, 1.54) is 25.3 Å². The van der Waals surface area contributed by atoms with Gasteiger partial charge in [-0.2, -0.15) is 0 Å². The molecule has 0 saturated heterocycles. The van der Waals surface area contributed by atoms with Gasteiger partial charge in [-0.15, -0.1) is 0 Å². The molecule has 0 aromatic heterocycles. The Balaban J connectivity index is 3.33. The summed E-state index contributed by atoms with van der Waals surface area (Å²) in [5.74, 6) is 0.208. The summed E-state index contributed by atoms with van der Waals surface area (Å²) >= 11 is 0. The monoisotopic (exact) mass is 186 g/mol. The van der Waals surface area contributed by atoms with Gasteiger partial charge < -0.3 is 4.74 Å². The maximum atomic E-state index is 10.9. The molecule has 65 valence electrons. The molecule has 4 nitrogen and oxygen atoms in total. The number of sulfonamides is 1. The number of rotatable bonds is 2. The Morgan fingerprint density at radius 1 is 1.58 bits per heavy atom. The lowest BCUT2D eigenvalue weighted by atomic mass is 10.3. The van der Waals surface area contributed by atoms with Crippen LogP contribution in [0.15, 0.2) is 23.1 Å². The third-order valence-corrected chi connectivity index (χ3v) is 2.26. The lowest BCUT2D eigenvalue weighted by Gasteiger charge is -2.04. The first-order chi connectivity index (χ1) is 5.55. The Bertz CT molecular complexity index is 372. The molecule has 0 fully saturated rings. The zero-order chi connectivity index (χ0) is 9.19. The number of hydrogen-bond acceptors (Lipinski definition) is 3. The quantitative estimate of drug-likeness (QED) is 0.714. The summed E-state index contributed by atoms with van der Waals surface area (Å²) in [5.41, 5.74) is 0. The zero-order valence-corrected chi connectivity index (χ0v) is 7.26. The number of hydrogen-bond donors (Lipinski definition) is 1. The fraction of sp³-hybridized carbons (Fsp3) is 0.143. The molecule has 0 aliphatic heterocycles. The van der Waals surface area contributed by atoms with Crippen LogP contribution in [0, 0.1) is 6.07 Å². The summed E-state index contributed by atoms with van der Waals surface area (Å²) < 4.78 is 26.6. The smallest absolute Gasteiger partial charge is 0.241 e. The van der Waals surface area contributed by atoms with E-state index in [4.69, 9.17) is 9.88 Å². The fourth-order valence-electron chi connectivity index (χ4n) is 0.795. The minimum absolute atomic E-state index is 0.0243. The molecule has 12 heavy (non-hydrogen) atoms. The van der Waals surface area contributed by atoms with Crippen LogP contribution in [-0.4, -0.2) is 15.5 Å². The van der Waals surface area contributed by atoms with Crippen LogP contribution in [0.2, 0.25) is 0 Å². The minimum atomic E-state index is -3.69. The molecule has 0 unspecified atom stereocenters. The SMILES string of the molecule is COc1c[c]ccc1S(N)(=O)=O. The molecule has 1 aromatic rings. The third kappa shape index (κ3) is 1.75. The molecule has 0 bridgehead atoms. The average molecular weight is 186 g/mol. The number of nitrogens with two attached hydrogens (primary N) is 1. The largest absolute Gasteiger partial charge is 0.495 e. The van der Waals surface area contributed by atoms with Crippen LogP contribution < -0.4 is 9.88 Å². The lowest BCUT2D eigenvalue weighted by molar-refractivity contribution is 0.402. The van der Waals surface area contributed by atoms with Gasteiger partial charge in [0.25, 0.3) is 0 Å². The highest BCUT2D eigenvalue weighted by molar-refractivity contribution is 7.89. The number of methoxy groups -OCH3 is 1. The van der Waals surface area contributed by atoms with Gasteiger partial charge in [-0.05, 0) is 18.2 Å². The highest BCUT2D eigenvalue weighted by Crippen LogP contribution is 2.20. The number of benzene rings is 1. The summed E-state index contributed by atoms with van der Waals surface area (Å²) in [6, 6.07) is 6.90. The number of ether oxygens (including phenoxy) is 1. The summed E-state index contributed by atoms with van der Waals surface area (Å²) in [4.78, 5) is -0.0243. The number of primary sulfonamides is 1. The predicted octanol–water partition coefficient (Wildman–Crippen LogP) is 0.143. The molecule has 0 spiro atoms. The van der Waals surface area contributed by atoms with Gasteiger partial charge in [-0.25, -0.2) is 13.6 Å². The van der Waals surface area contributed by atoms with Gasteiger partial charge >= 0.3 is 0 Å². The van der Waals surface area contributed by atoms with Gasteiger partial charge in [-0.1, -0.05) is 6.07 Å². The van der Waals surface area contributed by atoms with E-state index in [1.54, 1.807) is 0 Å². The molecule has 0 aliphatic rings. The molecule has 1 radical (unpaired) electrons. The van der Waals surface area contributed by atoms with Crippen LogP contribution in [0.25, 0.3) is 0 Å². The lowest BCUT2D eigenvalue weighted by Crippen LogP contribution is -2.13. The Kier molecular flexibility index (Phi) is 2.35. The Labute approximate surface area is 71.0 Å². The maximum Gasteiger partial charge on any atom is 0.241 e. The second-order valence-corrected chi connectivity index (χ2v) is 3.65. The molecular weight excluding hydrogens is 178 g/mol. The first kappa shape index (κ1) is 9.02. The third-order valence-electron chi connectivity index (χ3n) is 1.31. The fourth-order valence-corrected chi connectivity index (χ4v) is 1.48. The van der Waals surface area contributed by atoms with Gasteiger partial charge in [0.05, 0.1) is 7.11 Å². The molecule has 0 saturated carbocycles. The van der Waals surface area contributed by atoms with E-state index in [0.29, 0.717) is 0 Å². The normalized spacial score (nSPS) is 11.2. The van der Waals surface area contributed by atoms with E-state index < -0.39 is 10.0 Å². The predicted molar refractivity (Wildman–Crippen MR) is 43.2 cm³/mol. The van der Waals surface area contributed by atoms with Crippen LogP contribution in [0.4, 0.5) is 0 Å². The van der Waals surface area contributed by atoms with Gasteiger partial charge in [0.2, 0.25) is 10.0 Å². The van der Waals surface area contributed by atoms with Gasteiger partial charge in [0.1, 0.15) is 10.6 Å². The maximum absolute atomic E-state index is 10.9. The summed E-state index contributed by atoms with van der Waals surface area (Å²) in [6.07, 6.45) is 0. The van der Waals surface area contributed by atoms with Crippen molar-refractivity contribution < 1.29 is 13.2 Å². The molecule has 0 atom stereocenters. The molecule has 0 heterocycles. The van der Waals surface area contributed by atoms with Crippen LogP contribution >= 0.6 is 0 Å². The molecule has 1 rings (SSSR count). The van der Waals surface area contributed by atoms with E-state index in [0.717, 1.165) is 0 Å². The van der Waals surface area contributed by atoms with Crippen molar-refractivity contribution in [3.8, 4) is 5.75 Å². The van der Waals surface area contributed by atoms with Crippen molar-refractivity contribution in [2.75, 3.05) is 7.11 Å². The second-order valence-electron chi connectivity index (χ2n) is 2.12. The first-order valence-corrected chi connectivity index (χ1v) is 4.67. The van der Waals surface area contributed by atoms with Crippen LogP contribution in [-0.2, 0) is 10.0 Å². The van der Waals surface area contributed by atoms with Crippen molar-refractivity contribution in [2.45, 2.75) is 4.90 Å². The Morgan fingerprint density at radius 2 is 2.25 bits per heavy atom. The summed E-state index contributed by atoms with van der Waals surface area (Å²) in [7, 11) is -2.32. The van der Waals surface area contributed by atoms with E-state index in [2.05, 4.69) is 6.07 Å². The van der Waals surface area contributed by atoms with E-state index >= 15 is 0 Å². The first-order valence-electron chi connectivity index (χ1n) is 3.12. The van der Waals surface area contributed by atoms with Crippen molar-refractivity contribution in [1.29, 1.82) is 0 Å². The van der Waals surface area contributed by atoms with Gasteiger partial charge in [0.15, 0.2) is 0 Å². The van der Waals surface area contributed by atoms with E-state index in [9.17, 15) is 8.42 Å². The Morgan fingerprint density at radius 3 is 2.67 bits per heavy atom. The van der Waals surface area contributed by atoms with Gasteiger partial charge in [-0.3, -0.25) is 0 Å². The van der Waals surface area contributed by atoms with E-state index in [1.807, 2.05) is 0 Å². The summed E-state index contributed by atoms with van der Waals surface area (Å²) in [6.45, 7) is 0. The van der Waals surface area contributed by atoms with Crippen molar-refractivity contribution in [3.05, 3.63) is 24.3 Å². The molecule has 1 aromatic carbocycles. The molecule has 0 aliphatic carbocycles. The van der Waals surface area contributed by atoms with E-state index in [-0.39, 0.29) is 10.6 Å². The van der Waals surface area contributed by atoms with Crippen LogP contribution in [0.5, 0.6) is 5.75 Å². The highest BCUT2D eigenvalue weighted by atomic mass is 32.2. The standard InChI is InChI=1S/C7H8NO3S/c1-11-6-4-2-3-5-7(6)12(8,9)10/h3-5H,1H3,(H2,8,9,10). The average Bonchev–Trinajstić information content (AvgIpc) is 2.03. The molecule has 5 heteroatoms. The highest BCUT2D eigenvalue weighted by Gasteiger charge is 2.12. The van der Waals surface area contributed by atoms with Gasteiger partial charge in [0, 0.05) is 0 Å². The minimum Gasteiger partial charge on any atom is -0.495 e. The topological polar surface area (TPSA) is 69.4 Å². The van der Waals surface area contributed by atoms with Crippen molar-refractivity contribution in [3.63, 3.8) is 0 Å².